The molecule has 1 N–H and O–H groups in total. The van der Waals surface area contributed by atoms with Crippen LogP contribution >= 0.6 is 11.6 Å². The first-order chi connectivity index (χ1) is 11.5. The summed E-state index contributed by atoms with van der Waals surface area (Å²) in [5, 5.41) is 3.41. The molecule has 0 radical (unpaired) electrons. The molecule has 128 valence electrons. The second-order valence-corrected chi connectivity index (χ2v) is 6.89. The quantitative estimate of drug-likeness (QED) is 0.849. The second-order valence-electron chi connectivity index (χ2n) is 5.10. The molecule has 2 amide bonds. The zero-order valence-electron chi connectivity index (χ0n) is 13.5. The second kappa shape index (κ2) is 8.70. The molecule has 0 saturated heterocycles. The van der Waals surface area contributed by atoms with Gasteiger partial charge in [0.25, 0.3) is 0 Å². The molecular formula is C17H19ClN2O3S. The van der Waals surface area contributed by atoms with Gasteiger partial charge in [-0.15, -0.1) is 0 Å². The van der Waals surface area contributed by atoms with Gasteiger partial charge in [-0.25, -0.2) is 4.79 Å². The number of urea groups is 1. The van der Waals surface area contributed by atoms with Crippen LogP contribution in [0.15, 0.2) is 53.4 Å². The van der Waals surface area contributed by atoms with Crippen LogP contribution in [0.5, 0.6) is 5.75 Å². The van der Waals surface area contributed by atoms with Crippen molar-refractivity contribution < 1.29 is 13.7 Å². The van der Waals surface area contributed by atoms with Crippen molar-refractivity contribution in [3.63, 3.8) is 0 Å². The van der Waals surface area contributed by atoms with Crippen LogP contribution in [0.2, 0.25) is 5.02 Å². The van der Waals surface area contributed by atoms with Crippen LogP contribution in [-0.4, -0.2) is 41.6 Å². The first-order valence-electron chi connectivity index (χ1n) is 7.30. The predicted octanol–water partition coefficient (Wildman–Crippen LogP) is 3.62. The first-order valence-corrected chi connectivity index (χ1v) is 9.24. The summed E-state index contributed by atoms with van der Waals surface area (Å²) in [6.45, 7) is 0.763. The maximum atomic E-state index is 12.2. The van der Waals surface area contributed by atoms with Gasteiger partial charge in [0.15, 0.2) is 0 Å². The van der Waals surface area contributed by atoms with Crippen molar-refractivity contribution in [2.24, 2.45) is 0 Å². The average Bonchev–Trinajstić information content (AvgIpc) is 2.56. The Labute approximate surface area is 149 Å². The first kappa shape index (κ1) is 18.3. The Hall–Kier alpha value is -2.05. The fourth-order valence-electron chi connectivity index (χ4n) is 1.96. The molecule has 0 heterocycles. The van der Waals surface area contributed by atoms with E-state index in [-0.39, 0.29) is 6.03 Å². The average molecular weight is 367 g/mol. The fraction of sp³-hybridized carbons (Fsp3) is 0.235. The largest absolute Gasteiger partial charge is 0.492 e. The molecular weight excluding hydrogens is 348 g/mol. The van der Waals surface area contributed by atoms with Gasteiger partial charge in [0.1, 0.15) is 12.4 Å². The lowest BCUT2D eigenvalue weighted by Crippen LogP contribution is -2.34. The molecule has 0 aliphatic rings. The van der Waals surface area contributed by atoms with Crippen LogP contribution < -0.4 is 10.1 Å². The van der Waals surface area contributed by atoms with Crippen molar-refractivity contribution in [2.45, 2.75) is 4.90 Å². The summed E-state index contributed by atoms with van der Waals surface area (Å²) in [7, 11) is 0.502. The van der Waals surface area contributed by atoms with E-state index < -0.39 is 10.8 Å². The molecule has 0 bridgehead atoms. The van der Waals surface area contributed by atoms with Gasteiger partial charge in [-0.1, -0.05) is 23.7 Å². The Balaban J connectivity index is 1.86. The van der Waals surface area contributed by atoms with E-state index in [4.69, 9.17) is 16.3 Å². The third-order valence-corrected chi connectivity index (χ3v) is 4.52. The molecule has 0 unspecified atom stereocenters. The molecule has 24 heavy (non-hydrogen) atoms. The smallest absolute Gasteiger partial charge is 0.321 e. The standard InChI is InChI=1S/C17H19ClN2O3S/c1-20(11-12-23-14-9-7-13(18)8-10-14)17(21)19-15-5-3-4-6-16(15)24(2)22/h3-10H,11-12H2,1-2H3,(H,19,21)/t24-/m0/s1. The number of likely N-dealkylation sites (N-methyl/N-ethyl adjacent to an activating group) is 1. The number of benzene rings is 2. The number of carbonyl (C=O) groups is 1. The number of hydrogen-bond donors (Lipinski definition) is 1. The summed E-state index contributed by atoms with van der Waals surface area (Å²) in [6, 6.07) is 13.8. The van der Waals surface area contributed by atoms with Crippen LogP contribution in [0.1, 0.15) is 0 Å². The SMILES string of the molecule is CN(CCOc1ccc(Cl)cc1)C(=O)Nc1ccccc1[S@](C)=O. The van der Waals surface area contributed by atoms with Crippen LogP contribution in [-0.2, 0) is 10.8 Å². The Morgan fingerprint density at radius 1 is 1.21 bits per heavy atom. The summed E-state index contributed by atoms with van der Waals surface area (Å²) in [5.74, 6) is 0.694. The highest BCUT2D eigenvalue weighted by molar-refractivity contribution is 7.84. The lowest BCUT2D eigenvalue weighted by atomic mass is 10.3. The lowest BCUT2D eigenvalue weighted by molar-refractivity contribution is 0.207. The number of para-hydroxylation sites is 1. The zero-order chi connectivity index (χ0) is 17.5. The van der Waals surface area contributed by atoms with Gasteiger partial charge >= 0.3 is 6.03 Å². The molecule has 0 aliphatic heterocycles. The summed E-state index contributed by atoms with van der Waals surface area (Å²) in [5.41, 5.74) is 0.550. The molecule has 0 aromatic heterocycles. The van der Waals surface area contributed by atoms with Crippen LogP contribution in [0.25, 0.3) is 0 Å². The number of amides is 2. The number of halogens is 1. The number of anilines is 1. The van der Waals surface area contributed by atoms with E-state index in [9.17, 15) is 9.00 Å². The molecule has 0 aliphatic carbocycles. The van der Waals surface area contributed by atoms with Gasteiger partial charge < -0.3 is 15.0 Å². The molecule has 7 heteroatoms. The Bertz CT molecular complexity index is 722. The van der Waals surface area contributed by atoms with E-state index in [1.807, 2.05) is 0 Å². The minimum atomic E-state index is -1.17. The molecule has 5 nitrogen and oxygen atoms in total. The van der Waals surface area contributed by atoms with Gasteiger partial charge in [-0.05, 0) is 36.4 Å². The summed E-state index contributed by atoms with van der Waals surface area (Å²) in [4.78, 5) is 14.3. The van der Waals surface area contributed by atoms with Crippen molar-refractivity contribution >= 4 is 34.1 Å². The van der Waals surface area contributed by atoms with E-state index in [1.54, 1.807) is 61.8 Å². The summed E-state index contributed by atoms with van der Waals surface area (Å²) < 4.78 is 17.3. The Morgan fingerprint density at radius 2 is 1.88 bits per heavy atom. The zero-order valence-corrected chi connectivity index (χ0v) is 15.1. The highest BCUT2D eigenvalue weighted by atomic mass is 35.5. The van der Waals surface area contributed by atoms with Gasteiger partial charge in [-0.3, -0.25) is 4.21 Å². The van der Waals surface area contributed by atoms with Gasteiger partial charge in [-0.2, -0.15) is 0 Å². The van der Waals surface area contributed by atoms with E-state index in [1.165, 1.54) is 4.90 Å². The summed E-state index contributed by atoms with van der Waals surface area (Å²) in [6.07, 6.45) is 1.58. The number of rotatable bonds is 6. The predicted molar refractivity (Wildman–Crippen MR) is 97.4 cm³/mol. The highest BCUT2D eigenvalue weighted by Crippen LogP contribution is 2.18. The molecule has 1 atom stereocenters. The van der Waals surface area contributed by atoms with Crippen LogP contribution in [0.4, 0.5) is 10.5 Å². The number of ether oxygens (including phenoxy) is 1. The summed E-state index contributed by atoms with van der Waals surface area (Å²) >= 11 is 5.81. The third-order valence-electron chi connectivity index (χ3n) is 3.29. The van der Waals surface area contributed by atoms with Crippen molar-refractivity contribution in [3.05, 3.63) is 53.6 Å². The highest BCUT2D eigenvalue weighted by Gasteiger charge is 2.12. The van der Waals surface area contributed by atoms with Crippen molar-refractivity contribution in [2.75, 3.05) is 31.8 Å². The van der Waals surface area contributed by atoms with Crippen LogP contribution in [0.3, 0.4) is 0 Å². The molecule has 0 fully saturated rings. The molecule has 2 aromatic carbocycles. The van der Waals surface area contributed by atoms with Gasteiger partial charge in [0.05, 0.1) is 27.9 Å². The topological polar surface area (TPSA) is 58.6 Å². The number of hydrogen-bond acceptors (Lipinski definition) is 3. The molecule has 2 rings (SSSR count). The van der Waals surface area contributed by atoms with E-state index >= 15 is 0 Å². The minimum absolute atomic E-state index is 0.285. The Morgan fingerprint density at radius 3 is 2.54 bits per heavy atom. The normalized spacial score (nSPS) is 11.6. The minimum Gasteiger partial charge on any atom is -0.492 e. The monoisotopic (exact) mass is 366 g/mol. The Kier molecular flexibility index (Phi) is 6.63. The third kappa shape index (κ3) is 5.25. The van der Waals surface area contributed by atoms with Gasteiger partial charge in [0, 0.05) is 18.3 Å². The maximum Gasteiger partial charge on any atom is 0.321 e. The fourth-order valence-corrected chi connectivity index (χ4v) is 2.79. The number of nitrogens with one attached hydrogen (secondary N) is 1. The molecule has 0 saturated carbocycles. The number of carbonyl (C=O) groups excluding carboxylic acids is 1. The van der Waals surface area contributed by atoms with E-state index in [0.29, 0.717) is 34.5 Å². The lowest BCUT2D eigenvalue weighted by Gasteiger charge is -2.19. The van der Waals surface area contributed by atoms with E-state index in [2.05, 4.69) is 5.32 Å². The van der Waals surface area contributed by atoms with E-state index in [0.717, 1.165) is 0 Å². The maximum absolute atomic E-state index is 12.2. The van der Waals surface area contributed by atoms with Crippen molar-refractivity contribution in [3.8, 4) is 5.75 Å². The number of nitrogens with zero attached hydrogens (tertiary/aromatic N) is 1. The van der Waals surface area contributed by atoms with Crippen LogP contribution in [0, 0.1) is 0 Å². The van der Waals surface area contributed by atoms with Gasteiger partial charge in [0.2, 0.25) is 0 Å². The van der Waals surface area contributed by atoms with Crippen molar-refractivity contribution in [1.29, 1.82) is 0 Å². The molecule has 2 aromatic rings. The molecule has 0 spiro atoms. The van der Waals surface area contributed by atoms with Crippen molar-refractivity contribution in [1.82, 2.24) is 4.90 Å².